The van der Waals surface area contributed by atoms with Gasteiger partial charge < -0.3 is 9.29 Å². The zero-order chi connectivity index (χ0) is 22.1. The van der Waals surface area contributed by atoms with E-state index in [0.717, 1.165) is 31.3 Å². The van der Waals surface area contributed by atoms with Crippen molar-refractivity contribution in [3.05, 3.63) is 23.5 Å². The lowest BCUT2D eigenvalue weighted by Crippen LogP contribution is -2.50. The van der Waals surface area contributed by atoms with Gasteiger partial charge in [-0.3, -0.25) is 4.79 Å². The van der Waals surface area contributed by atoms with E-state index in [-0.39, 0.29) is 28.9 Å². The molecule has 5 nitrogen and oxygen atoms in total. The number of carboxylic acid groups (broad SMARTS) is 1. The van der Waals surface area contributed by atoms with Crippen LogP contribution in [0, 0.1) is 34.5 Å². The normalized spacial score (nSPS) is 41.1. The van der Waals surface area contributed by atoms with Gasteiger partial charge in [0, 0.05) is 6.42 Å². The molecule has 9 heteroatoms. The number of rotatable bonds is 3. The molecule has 6 atom stereocenters. The number of aliphatic carboxylic acids is 1. The largest absolute Gasteiger partial charge is 0.534 e. The first-order valence-electron chi connectivity index (χ1n) is 10.4. The molecule has 0 amide bonds. The molecule has 1 N–H and O–H groups in total. The topological polar surface area (TPSA) is 80.7 Å². The Morgan fingerprint density at radius 2 is 1.90 bits per heavy atom. The van der Waals surface area contributed by atoms with Gasteiger partial charge in [-0.1, -0.05) is 19.9 Å². The third kappa shape index (κ3) is 3.10. The van der Waals surface area contributed by atoms with Gasteiger partial charge in [0.1, 0.15) is 5.76 Å². The van der Waals surface area contributed by atoms with Crippen molar-refractivity contribution in [2.45, 2.75) is 64.3 Å². The molecule has 30 heavy (non-hydrogen) atoms. The number of halogens is 3. The molecule has 4 rings (SSSR count). The number of allylic oxidation sites excluding steroid dienone is 4. The first-order valence-corrected chi connectivity index (χ1v) is 11.9. The second-order valence-corrected chi connectivity index (χ2v) is 11.3. The Balaban J connectivity index is 1.61. The van der Waals surface area contributed by atoms with Crippen LogP contribution in [0.3, 0.4) is 0 Å². The van der Waals surface area contributed by atoms with E-state index in [4.69, 9.17) is 0 Å². The lowest BCUT2D eigenvalue weighted by atomic mass is 9.49. The molecule has 0 aromatic rings. The molecular formula is C21H27F3O5S. The molecule has 0 aliphatic heterocycles. The lowest BCUT2D eigenvalue weighted by molar-refractivity contribution is -0.148. The van der Waals surface area contributed by atoms with Gasteiger partial charge >= 0.3 is 21.6 Å². The highest BCUT2D eigenvalue weighted by Gasteiger charge is 2.60. The maximum absolute atomic E-state index is 12.7. The van der Waals surface area contributed by atoms with E-state index in [9.17, 15) is 31.5 Å². The molecule has 0 heterocycles. The summed E-state index contributed by atoms with van der Waals surface area (Å²) in [6.45, 7) is 4.21. The molecule has 0 aromatic carbocycles. The molecule has 0 saturated heterocycles. The van der Waals surface area contributed by atoms with Crippen LogP contribution >= 0.6 is 0 Å². The van der Waals surface area contributed by atoms with Crippen LogP contribution in [0.4, 0.5) is 13.2 Å². The van der Waals surface area contributed by atoms with E-state index in [1.165, 1.54) is 6.08 Å². The monoisotopic (exact) mass is 450 g/mol. The molecular weight excluding hydrogens is 423 g/mol. The Labute approximate surface area is 174 Å². The molecule has 0 bridgehead atoms. The van der Waals surface area contributed by atoms with Gasteiger partial charge in [-0.25, -0.2) is 0 Å². The standard InChI is InChI=1S/C21H27F3O5S/c1-19-9-7-13(29-30(27,28)21(22,23)24)11-12(19)3-4-14-15-5-6-17(18(25)26)20(15,2)10-8-16(14)19/h3,11,14-17H,4-10H2,1-2H3,(H,25,26)/t14-,15-,16-,17+,19-,20-/m0/s1/i11+2. The molecule has 0 aromatic heterocycles. The molecule has 168 valence electrons. The fraction of sp³-hybridized carbons (Fsp3) is 0.762. The van der Waals surface area contributed by atoms with Crippen LogP contribution in [0.15, 0.2) is 23.5 Å². The van der Waals surface area contributed by atoms with Crippen molar-refractivity contribution in [2.75, 3.05) is 0 Å². The fourth-order valence-electron chi connectivity index (χ4n) is 6.96. The van der Waals surface area contributed by atoms with Crippen molar-refractivity contribution in [1.82, 2.24) is 0 Å². The van der Waals surface area contributed by atoms with E-state index in [1.54, 1.807) is 0 Å². The minimum absolute atomic E-state index is 0.131. The van der Waals surface area contributed by atoms with Gasteiger partial charge in [-0.15, -0.1) is 0 Å². The third-order valence-electron chi connectivity index (χ3n) is 8.53. The van der Waals surface area contributed by atoms with E-state index in [2.05, 4.69) is 18.0 Å². The summed E-state index contributed by atoms with van der Waals surface area (Å²) in [6.07, 6.45) is 8.15. The summed E-state index contributed by atoms with van der Waals surface area (Å²) in [5.41, 5.74) is -5.08. The summed E-state index contributed by atoms with van der Waals surface area (Å²) >= 11 is 0. The fourth-order valence-corrected chi connectivity index (χ4v) is 7.47. The number of hydrogen-bond donors (Lipinski definition) is 1. The highest BCUT2D eigenvalue weighted by Crippen LogP contribution is 2.66. The summed E-state index contributed by atoms with van der Waals surface area (Å²) in [4.78, 5) is 11.8. The maximum atomic E-state index is 12.7. The molecule has 0 radical (unpaired) electrons. The van der Waals surface area contributed by atoms with Crippen molar-refractivity contribution in [3.8, 4) is 0 Å². The maximum Gasteiger partial charge on any atom is 0.534 e. The molecule has 0 unspecified atom stereocenters. The average molecular weight is 450 g/mol. The van der Waals surface area contributed by atoms with Crippen LogP contribution in [0.1, 0.15) is 58.8 Å². The van der Waals surface area contributed by atoms with E-state index in [0.29, 0.717) is 30.6 Å². The second-order valence-electron chi connectivity index (χ2n) is 9.80. The van der Waals surface area contributed by atoms with Gasteiger partial charge in [0.15, 0.2) is 0 Å². The Kier molecular flexibility index (Phi) is 4.88. The Morgan fingerprint density at radius 1 is 1.20 bits per heavy atom. The molecule has 2 fully saturated rings. The Bertz CT molecular complexity index is 921. The van der Waals surface area contributed by atoms with Crippen molar-refractivity contribution >= 4 is 16.1 Å². The van der Waals surface area contributed by atoms with Crippen LogP contribution < -0.4 is 0 Å². The predicted octanol–water partition coefficient (Wildman–Crippen LogP) is 5.01. The highest BCUT2D eigenvalue weighted by atomic mass is 32.2. The molecule has 4 aliphatic rings. The lowest BCUT2D eigenvalue weighted by Gasteiger charge is -2.56. The summed E-state index contributed by atoms with van der Waals surface area (Å²) in [7, 11) is -5.66. The second kappa shape index (κ2) is 6.74. The Morgan fingerprint density at radius 3 is 2.53 bits per heavy atom. The number of carboxylic acids is 1. The summed E-state index contributed by atoms with van der Waals surface area (Å²) in [5, 5.41) is 9.67. The number of fused-ring (bicyclic) bond motifs is 5. The molecule has 2 saturated carbocycles. The van der Waals surface area contributed by atoms with Crippen LogP contribution in [-0.2, 0) is 19.1 Å². The first kappa shape index (κ1) is 21.7. The van der Waals surface area contributed by atoms with Crippen LogP contribution in [0.2, 0.25) is 0 Å². The summed E-state index contributed by atoms with van der Waals surface area (Å²) in [5.74, 6) is -0.233. The smallest absolute Gasteiger partial charge is 0.481 e. The van der Waals surface area contributed by atoms with Crippen LogP contribution in [-0.4, -0.2) is 25.0 Å². The zero-order valence-corrected chi connectivity index (χ0v) is 17.9. The van der Waals surface area contributed by atoms with Gasteiger partial charge in [0.2, 0.25) is 0 Å². The highest BCUT2D eigenvalue weighted by molar-refractivity contribution is 7.87. The number of carbonyl (C=O) groups is 1. The van der Waals surface area contributed by atoms with E-state index < -0.39 is 21.6 Å². The molecule has 4 aliphatic carbocycles. The minimum atomic E-state index is -5.66. The van der Waals surface area contributed by atoms with Gasteiger partial charge in [0.05, 0.1) is 5.92 Å². The van der Waals surface area contributed by atoms with Crippen LogP contribution in [0.25, 0.3) is 0 Å². The van der Waals surface area contributed by atoms with Gasteiger partial charge in [0.25, 0.3) is 0 Å². The zero-order valence-electron chi connectivity index (χ0n) is 17.0. The third-order valence-corrected chi connectivity index (χ3v) is 9.53. The minimum Gasteiger partial charge on any atom is -0.481 e. The quantitative estimate of drug-likeness (QED) is 0.483. The van der Waals surface area contributed by atoms with Crippen molar-refractivity contribution in [3.63, 3.8) is 0 Å². The van der Waals surface area contributed by atoms with Crippen LogP contribution in [0.5, 0.6) is 0 Å². The SMILES string of the molecule is C[C@]12CC[C@H]3[C@@H](CC=C4[14CH]=C(OS(=O)(=O)C(F)(F)F)CC[C@@]43C)[C@@H]1CC[C@@H]2C(=O)O. The van der Waals surface area contributed by atoms with Crippen molar-refractivity contribution in [2.24, 2.45) is 34.5 Å². The number of alkyl halides is 3. The summed E-state index contributed by atoms with van der Waals surface area (Å²) in [6, 6.07) is 0. The van der Waals surface area contributed by atoms with Crippen molar-refractivity contribution < 1.29 is 35.7 Å². The predicted molar refractivity (Wildman–Crippen MR) is 102 cm³/mol. The number of hydrogen-bond acceptors (Lipinski definition) is 4. The molecule has 0 spiro atoms. The summed E-state index contributed by atoms with van der Waals surface area (Å²) < 4.78 is 65.2. The Hall–Kier alpha value is -1.51. The van der Waals surface area contributed by atoms with Gasteiger partial charge in [-0.05, 0) is 78.8 Å². The van der Waals surface area contributed by atoms with Gasteiger partial charge in [-0.2, -0.15) is 21.6 Å². The average Bonchev–Trinajstić information content (AvgIpc) is 2.98. The van der Waals surface area contributed by atoms with E-state index in [1.807, 2.05) is 6.08 Å². The van der Waals surface area contributed by atoms with Crippen molar-refractivity contribution in [1.29, 1.82) is 0 Å². The first-order chi connectivity index (χ1) is 13.8. The van der Waals surface area contributed by atoms with E-state index >= 15 is 0 Å².